The molecule has 0 fully saturated rings. The second-order valence-electron chi connectivity index (χ2n) is 7.30. The Morgan fingerprint density at radius 2 is 1.89 bits per heavy atom. The van der Waals surface area contributed by atoms with E-state index in [1.165, 1.54) is 36.6 Å². The van der Waals surface area contributed by atoms with Gasteiger partial charge in [0.1, 0.15) is 11.3 Å². The third-order valence-electron chi connectivity index (χ3n) is 4.64. The van der Waals surface area contributed by atoms with Crippen LogP contribution in [0.25, 0.3) is 0 Å². The van der Waals surface area contributed by atoms with Crippen molar-refractivity contribution < 1.29 is 36.0 Å². The average Bonchev–Trinajstić information content (AvgIpc) is 2.75. The number of ether oxygens (including phenoxy) is 2. The van der Waals surface area contributed by atoms with Gasteiger partial charge in [-0.25, -0.2) is 13.4 Å². The number of benzene rings is 2. The fourth-order valence-corrected chi connectivity index (χ4v) is 3.73. The highest BCUT2D eigenvalue weighted by atomic mass is 32.2. The molecule has 8 nitrogen and oxygen atoms in total. The molecule has 0 aliphatic heterocycles. The van der Waals surface area contributed by atoms with E-state index in [4.69, 9.17) is 14.3 Å². The minimum absolute atomic E-state index is 0.0562. The maximum Gasteiger partial charge on any atom is 0.435 e. The molecule has 0 saturated carbocycles. The molecule has 186 valence electrons. The summed E-state index contributed by atoms with van der Waals surface area (Å²) in [4.78, 5) is 13.2. The molecule has 2 aromatic carbocycles. The Morgan fingerprint density at radius 1 is 1.17 bits per heavy atom. The van der Waals surface area contributed by atoms with Crippen molar-refractivity contribution in [3.63, 3.8) is 0 Å². The van der Waals surface area contributed by atoms with Gasteiger partial charge >= 0.3 is 6.18 Å². The summed E-state index contributed by atoms with van der Waals surface area (Å²) in [6, 6.07) is 8.91. The van der Waals surface area contributed by atoms with Gasteiger partial charge in [0.05, 0.1) is 16.3 Å². The minimum atomic E-state index is -4.90. The van der Waals surface area contributed by atoms with E-state index in [-0.39, 0.29) is 28.7 Å². The maximum absolute atomic E-state index is 13.9. The molecule has 1 aromatic heterocycles. The van der Waals surface area contributed by atoms with Gasteiger partial charge in [-0.15, -0.1) is 10.2 Å². The van der Waals surface area contributed by atoms with Gasteiger partial charge in [-0.2, -0.15) is 13.2 Å². The zero-order chi connectivity index (χ0) is 26.0. The number of carbonyl (C=O) groups excluding carboxylic acids is 1. The zero-order valence-corrected chi connectivity index (χ0v) is 19.5. The number of nitrogens with zero attached hydrogens (tertiary/aromatic N) is 2. The van der Waals surface area contributed by atoms with Crippen molar-refractivity contribution in [1.29, 1.82) is 4.78 Å². The van der Waals surface area contributed by atoms with Crippen LogP contribution < -0.4 is 14.8 Å². The molecule has 0 aliphatic carbocycles. The van der Waals surface area contributed by atoms with Crippen LogP contribution in [0.1, 0.15) is 28.5 Å². The first-order valence-electron chi connectivity index (χ1n) is 10.0. The molecule has 0 bridgehead atoms. The smallest absolute Gasteiger partial charge is 0.435 e. The first-order chi connectivity index (χ1) is 16.3. The Morgan fingerprint density at radius 3 is 2.51 bits per heavy atom. The topological polar surface area (TPSA) is 114 Å². The normalized spacial score (nSPS) is 13.1. The fraction of sp³-hybridized carbons (Fsp3) is 0.227. The molecule has 2 N–H and O–H groups in total. The van der Waals surface area contributed by atoms with E-state index in [1.54, 1.807) is 6.92 Å². The SMILES string of the molecule is CCOc1cc(Oc2nnc(C(F)(F)F)c(C)c2C(=O)Nc2cccc(S(C)(=N)=O)c2)ccc1F. The summed E-state index contributed by atoms with van der Waals surface area (Å²) in [6.07, 6.45) is -3.72. The lowest BCUT2D eigenvalue weighted by molar-refractivity contribution is -0.142. The third kappa shape index (κ3) is 6.04. The third-order valence-corrected chi connectivity index (χ3v) is 5.79. The van der Waals surface area contributed by atoms with Crippen LogP contribution in [0.15, 0.2) is 47.4 Å². The second kappa shape index (κ2) is 9.86. The standard InChI is InChI=1S/C22H20F4N4O4S/c1-4-33-17-11-14(8-9-16(17)23)34-21-18(12(2)19(29-30-21)22(24,25)26)20(31)28-13-6-5-7-15(10-13)35(3,27)32/h5-11,27H,4H2,1-3H3,(H,28,31). The number of hydrogen-bond donors (Lipinski definition) is 2. The molecule has 3 rings (SSSR count). The highest BCUT2D eigenvalue weighted by molar-refractivity contribution is 7.91. The van der Waals surface area contributed by atoms with Crippen molar-refractivity contribution in [2.75, 3.05) is 18.2 Å². The Labute approximate surface area is 198 Å². The summed E-state index contributed by atoms with van der Waals surface area (Å²) in [5.74, 6) is -2.48. The van der Waals surface area contributed by atoms with Crippen molar-refractivity contribution in [1.82, 2.24) is 10.2 Å². The highest BCUT2D eigenvalue weighted by Crippen LogP contribution is 2.36. The second-order valence-corrected chi connectivity index (χ2v) is 9.46. The number of carbonyl (C=O) groups is 1. The van der Waals surface area contributed by atoms with Crippen LogP contribution >= 0.6 is 0 Å². The first kappa shape index (κ1) is 25.9. The van der Waals surface area contributed by atoms with Gasteiger partial charge in [0.2, 0.25) is 0 Å². The van der Waals surface area contributed by atoms with Gasteiger partial charge in [0.25, 0.3) is 11.8 Å². The number of halogens is 4. The molecule has 1 heterocycles. The van der Waals surface area contributed by atoms with Crippen molar-refractivity contribution in [2.24, 2.45) is 0 Å². The van der Waals surface area contributed by atoms with E-state index in [9.17, 15) is 26.6 Å². The summed E-state index contributed by atoms with van der Waals surface area (Å²) < 4.78 is 84.6. The monoisotopic (exact) mass is 512 g/mol. The molecule has 0 radical (unpaired) electrons. The Kier molecular flexibility index (Phi) is 7.29. The van der Waals surface area contributed by atoms with Crippen molar-refractivity contribution in [2.45, 2.75) is 24.9 Å². The zero-order valence-electron chi connectivity index (χ0n) is 18.7. The van der Waals surface area contributed by atoms with E-state index in [0.29, 0.717) is 0 Å². The van der Waals surface area contributed by atoms with Gasteiger partial charge in [0, 0.05) is 22.9 Å². The molecule has 0 saturated heterocycles. The fourth-order valence-electron chi connectivity index (χ4n) is 3.04. The summed E-state index contributed by atoms with van der Waals surface area (Å²) in [5, 5.41) is 9.04. The van der Waals surface area contributed by atoms with Crippen molar-refractivity contribution in [3.8, 4) is 17.4 Å². The van der Waals surface area contributed by atoms with Crippen LogP contribution in [0.3, 0.4) is 0 Å². The van der Waals surface area contributed by atoms with E-state index in [1.807, 2.05) is 0 Å². The summed E-state index contributed by atoms with van der Waals surface area (Å²) in [6.45, 7) is 2.82. The van der Waals surface area contributed by atoms with Gasteiger partial charge in [0.15, 0.2) is 17.3 Å². The number of alkyl halides is 3. The lowest BCUT2D eigenvalue weighted by atomic mass is 10.1. The van der Waals surface area contributed by atoms with Crippen molar-refractivity contribution >= 4 is 21.3 Å². The number of anilines is 1. The number of rotatable bonds is 7. The predicted octanol–water partition coefficient (Wildman–Crippen LogP) is 5.42. The summed E-state index contributed by atoms with van der Waals surface area (Å²) >= 11 is 0. The Bertz CT molecular complexity index is 1380. The number of nitrogens with one attached hydrogen (secondary N) is 2. The van der Waals surface area contributed by atoms with E-state index in [2.05, 4.69) is 15.5 Å². The van der Waals surface area contributed by atoms with Gasteiger partial charge in [-0.1, -0.05) is 6.07 Å². The molecule has 0 spiro atoms. The predicted molar refractivity (Wildman–Crippen MR) is 119 cm³/mol. The largest absolute Gasteiger partial charge is 0.491 e. The van der Waals surface area contributed by atoms with Crippen LogP contribution in [0, 0.1) is 17.5 Å². The van der Waals surface area contributed by atoms with Crippen LogP contribution in [0.5, 0.6) is 17.4 Å². The Hall–Kier alpha value is -3.74. The molecule has 0 aliphatic rings. The van der Waals surface area contributed by atoms with E-state index < -0.39 is 50.3 Å². The highest BCUT2D eigenvalue weighted by Gasteiger charge is 2.38. The summed E-state index contributed by atoms with van der Waals surface area (Å²) in [5.41, 5.74) is -2.42. The van der Waals surface area contributed by atoms with E-state index >= 15 is 0 Å². The van der Waals surface area contributed by atoms with Crippen LogP contribution in [0.2, 0.25) is 0 Å². The van der Waals surface area contributed by atoms with Crippen molar-refractivity contribution in [3.05, 3.63) is 65.1 Å². The maximum atomic E-state index is 13.9. The van der Waals surface area contributed by atoms with Gasteiger partial charge in [-0.3, -0.25) is 4.79 Å². The lowest BCUT2D eigenvalue weighted by Gasteiger charge is -2.16. The van der Waals surface area contributed by atoms with Gasteiger partial charge < -0.3 is 14.8 Å². The number of aromatic nitrogens is 2. The quantitative estimate of drug-likeness (QED) is 0.409. The number of amides is 1. The first-order valence-corrected chi connectivity index (χ1v) is 12.0. The minimum Gasteiger partial charge on any atom is -0.491 e. The molecular formula is C22H20F4N4O4S. The molecule has 13 heteroatoms. The van der Waals surface area contributed by atoms with Crippen LogP contribution in [-0.2, 0) is 15.9 Å². The summed E-state index contributed by atoms with van der Waals surface area (Å²) in [7, 11) is -3.11. The number of hydrogen-bond acceptors (Lipinski definition) is 7. The van der Waals surface area contributed by atoms with Crippen LogP contribution in [-0.4, -0.2) is 33.2 Å². The lowest BCUT2D eigenvalue weighted by Crippen LogP contribution is -2.21. The molecular weight excluding hydrogens is 492 g/mol. The molecule has 3 aromatic rings. The average molecular weight is 512 g/mol. The molecule has 35 heavy (non-hydrogen) atoms. The molecule has 1 unspecified atom stereocenters. The Balaban J connectivity index is 2.06. The van der Waals surface area contributed by atoms with E-state index in [0.717, 1.165) is 19.1 Å². The molecule has 1 amide bonds. The van der Waals surface area contributed by atoms with Gasteiger partial charge in [-0.05, 0) is 49.7 Å². The van der Waals surface area contributed by atoms with Crippen LogP contribution in [0.4, 0.5) is 23.2 Å². The molecule has 1 atom stereocenters.